The quantitative estimate of drug-likeness (QED) is 0.916. The highest BCUT2D eigenvalue weighted by Crippen LogP contribution is 2.29. The van der Waals surface area contributed by atoms with Crippen LogP contribution in [0.1, 0.15) is 20.7 Å². The topological polar surface area (TPSA) is 72.0 Å². The Morgan fingerprint density at radius 1 is 0.900 bits per heavy atom. The van der Waals surface area contributed by atoms with Crippen LogP contribution in [0.25, 0.3) is 0 Å². The van der Waals surface area contributed by atoms with E-state index in [0.29, 0.717) is 11.1 Å². The third kappa shape index (κ3) is 2.04. The van der Waals surface area contributed by atoms with Crippen molar-refractivity contribution in [3.8, 4) is 0 Å². The Morgan fingerprint density at radius 2 is 1.50 bits per heavy atom. The number of nitrogens with one attached hydrogen (secondary N) is 1. The molecule has 5 nitrogen and oxygen atoms in total. The SMILES string of the molecule is O=C1C(Br)=C(Nc2ncccn2)C(=O)c2ccccc21. The standard InChI is InChI=1S/C14H8BrN3O2/c15-10-11(18-14-16-6-3-7-17-14)13(20)9-5-2-1-4-8(9)12(10)19/h1-7H,(H,16,17,18). The second kappa shape index (κ2) is 4.97. The first-order valence-corrected chi connectivity index (χ1v) is 6.60. The zero-order valence-corrected chi connectivity index (χ0v) is 11.7. The van der Waals surface area contributed by atoms with E-state index in [1.165, 1.54) is 0 Å². The molecule has 1 aliphatic rings. The number of rotatable bonds is 2. The summed E-state index contributed by atoms with van der Waals surface area (Å²) in [4.78, 5) is 32.6. The fraction of sp³-hybridized carbons (Fsp3) is 0. The Morgan fingerprint density at radius 3 is 2.15 bits per heavy atom. The van der Waals surface area contributed by atoms with E-state index < -0.39 is 0 Å². The molecule has 1 aliphatic carbocycles. The van der Waals surface area contributed by atoms with Gasteiger partial charge in [-0.15, -0.1) is 0 Å². The Bertz CT molecular complexity index is 741. The molecular weight excluding hydrogens is 322 g/mol. The van der Waals surface area contributed by atoms with E-state index in [4.69, 9.17) is 0 Å². The van der Waals surface area contributed by atoms with Gasteiger partial charge < -0.3 is 5.32 Å². The van der Waals surface area contributed by atoms with Crippen molar-refractivity contribution in [1.29, 1.82) is 0 Å². The average Bonchev–Trinajstić information content (AvgIpc) is 2.50. The second-order valence-corrected chi connectivity index (χ2v) is 4.88. The summed E-state index contributed by atoms with van der Waals surface area (Å²) >= 11 is 3.18. The molecule has 0 unspecified atom stereocenters. The van der Waals surface area contributed by atoms with Crippen LogP contribution in [0.4, 0.5) is 5.95 Å². The first-order chi connectivity index (χ1) is 9.68. The number of fused-ring (bicyclic) bond motifs is 1. The van der Waals surface area contributed by atoms with Crippen molar-refractivity contribution in [3.05, 3.63) is 64.0 Å². The molecule has 0 bridgehead atoms. The summed E-state index contributed by atoms with van der Waals surface area (Å²) in [6, 6.07) is 8.37. The predicted octanol–water partition coefficient (Wildman–Crippen LogP) is 2.57. The zero-order chi connectivity index (χ0) is 14.1. The number of benzene rings is 1. The summed E-state index contributed by atoms with van der Waals surface area (Å²) in [5, 5.41) is 2.79. The Hall–Kier alpha value is -2.34. The van der Waals surface area contributed by atoms with E-state index in [2.05, 4.69) is 31.2 Å². The van der Waals surface area contributed by atoms with Gasteiger partial charge in [0.15, 0.2) is 0 Å². The molecule has 1 N–H and O–H groups in total. The number of allylic oxidation sites excluding steroid dienone is 2. The minimum atomic E-state index is -0.264. The molecule has 1 aromatic carbocycles. The van der Waals surface area contributed by atoms with Crippen molar-refractivity contribution < 1.29 is 9.59 Å². The lowest BCUT2D eigenvalue weighted by molar-refractivity contribution is 0.0983. The molecule has 0 fully saturated rings. The van der Waals surface area contributed by atoms with E-state index in [1.807, 2.05) is 0 Å². The fourth-order valence-corrected chi connectivity index (χ4v) is 2.43. The maximum atomic E-state index is 12.4. The summed E-state index contributed by atoms with van der Waals surface area (Å²) in [7, 11) is 0. The van der Waals surface area contributed by atoms with Crippen LogP contribution in [0.15, 0.2) is 52.9 Å². The molecule has 6 heteroatoms. The fourth-order valence-electron chi connectivity index (χ4n) is 1.93. The second-order valence-electron chi connectivity index (χ2n) is 4.09. The molecule has 3 rings (SSSR count). The zero-order valence-electron chi connectivity index (χ0n) is 10.1. The molecule has 0 saturated carbocycles. The first kappa shape index (κ1) is 12.7. The van der Waals surface area contributed by atoms with Crippen LogP contribution < -0.4 is 5.32 Å². The molecule has 1 heterocycles. The number of ketones is 2. The van der Waals surface area contributed by atoms with Crippen molar-refractivity contribution in [2.75, 3.05) is 5.32 Å². The summed E-state index contributed by atoms with van der Waals surface area (Å²) < 4.78 is 0.189. The van der Waals surface area contributed by atoms with Crippen molar-refractivity contribution in [1.82, 2.24) is 9.97 Å². The molecule has 0 saturated heterocycles. The number of carbonyl (C=O) groups is 2. The predicted molar refractivity (Wildman–Crippen MR) is 76.7 cm³/mol. The van der Waals surface area contributed by atoms with Crippen LogP contribution in [0.5, 0.6) is 0 Å². The molecular formula is C14H8BrN3O2. The van der Waals surface area contributed by atoms with Gasteiger partial charge in [-0.05, 0) is 22.0 Å². The van der Waals surface area contributed by atoms with Crippen LogP contribution in [-0.4, -0.2) is 21.5 Å². The minimum Gasteiger partial charge on any atom is -0.320 e. The molecule has 0 atom stereocenters. The summed E-state index contributed by atoms with van der Waals surface area (Å²) in [6.45, 7) is 0. The van der Waals surface area contributed by atoms with Gasteiger partial charge in [-0.2, -0.15) is 0 Å². The highest BCUT2D eigenvalue weighted by molar-refractivity contribution is 9.12. The normalized spacial score (nSPS) is 14.2. The van der Waals surface area contributed by atoms with Crippen LogP contribution in [0.3, 0.4) is 0 Å². The maximum Gasteiger partial charge on any atom is 0.227 e. The van der Waals surface area contributed by atoms with Gasteiger partial charge in [-0.25, -0.2) is 9.97 Å². The van der Waals surface area contributed by atoms with Crippen LogP contribution >= 0.6 is 15.9 Å². The van der Waals surface area contributed by atoms with E-state index in [-0.39, 0.29) is 27.7 Å². The van der Waals surface area contributed by atoms with E-state index in [0.717, 1.165) is 0 Å². The molecule has 98 valence electrons. The lowest BCUT2D eigenvalue weighted by Crippen LogP contribution is -2.24. The lowest BCUT2D eigenvalue weighted by atomic mass is 9.93. The van der Waals surface area contributed by atoms with E-state index >= 15 is 0 Å². The third-order valence-corrected chi connectivity index (χ3v) is 3.62. The number of anilines is 1. The summed E-state index contributed by atoms with van der Waals surface area (Å²) in [5.41, 5.74) is 0.919. The number of hydrogen-bond acceptors (Lipinski definition) is 5. The van der Waals surface area contributed by atoms with Gasteiger partial charge in [-0.3, -0.25) is 9.59 Å². The van der Waals surface area contributed by atoms with Crippen molar-refractivity contribution in [2.45, 2.75) is 0 Å². The Kier molecular flexibility index (Phi) is 3.15. The largest absolute Gasteiger partial charge is 0.320 e. The minimum absolute atomic E-state index is 0.153. The number of halogens is 1. The van der Waals surface area contributed by atoms with Gasteiger partial charge in [0, 0.05) is 23.5 Å². The number of nitrogens with zero attached hydrogens (tertiary/aromatic N) is 2. The Labute approximate surface area is 122 Å². The molecule has 0 aliphatic heterocycles. The molecule has 1 aromatic heterocycles. The first-order valence-electron chi connectivity index (χ1n) is 5.80. The Balaban J connectivity index is 2.06. The molecule has 0 spiro atoms. The molecule has 20 heavy (non-hydrogen) atoms. The average molecular weight is 330 g/mol. The summed E-state index contributed by atoms with van der Waals surface area (Å²) in [5.74, 6) is -0.238. The van der Waals surface area contributed by atoms with Gasteiger partial charge in [0.2, 0.25) is 17.5 Å². The highest BCUT2D eigenvalue weighted by atomic mass is 79.9. The number of aromatic nitrogens is 2. The monoisotopic (exact) mass is 329 g/mol. The van der Waals surface area contributed by atoms with Gasteiger partial charge in [0.05, 0.1) is 4.48 Å². The van der Waals surface area contributed by atoms with Crippen LogP contribution in [0, 0.1) is 0 Å². The van der Waals surface area contributed by atoms with Crippen LogP contribution in [-0.2, 0) is 0 Å². The number of hydrogen-bond donors (Lipinski definition) is 1. The third-order valence-electron chi connectivity index (χ3n) is 2.86. The lowest BCUT2D eigenvalue weighted by Gasteiger charge is -2.18. The number of Topliss-reactive ketones (excluding diaryl/α,β-unsaturated/α-hetero) is 2. The van der Waals surface area contributed by atoms with Gasteiger partial charge in [0.1, 0.15) is 5.70 Å². The molecule has 2 aromatic rings. The van der Waals surface area contributed by atoms with E-state index in [1.54, 1.807) is 42.7 Å². The van der Waals surface area contributed by atoms with Crippen molar-refractivity contribution >= 4 is 33.4 Å². The van der Waals surface area contributed by atoms with Gasteiger partial charge in [0.25, 0.3) is 0 Å². The van der Waals surface area contributed by atoms with E-state index in [9.17, 15) is 9.59 Å². The number of carbonyl (C=O) groups excluding carboxylic acids is 2. The summed E-state index contributed by atoms with van der Waals surface area (Å²) in [6.07, 6.45) is 3.10. The highest BCUT2D eigenvalue weighted by Gasteiger charge is 2.31. The molecule has 0 radical (unpaired) electrons. The maximum absolute atomic E-state index is 12.4. The van der Waals surface area contributed by atoms with Gasteiger partial charge in [-0.1, -0.05) is 24.3 Å². The van der Waals surface area contributed by atoms with Crippen LogP contribution in [0.2, 0.25) is 0 Å². The molecule has 0 amide bonds. The van der Waals surface area contributed by atoms with Gasteiger partial charge >= 0.3 is 0 Å². The smallest absolute Gasteiger partial charge is 0.227 e. The van der Waals surface area contributed by atoms with Crippen molar-refractivity contribution in [3.63, 3.8) is 0 Å². The van der Waals surface area contributed by atoms with Crippen molar-refractivity contribution in [2.24, 2.45) is 0 Å².